The van der Waals surface area contributed by atoms with Crippen LogP contribution in [0.1, 0.15) is 6.92 Å². The van der Waals surface area contributed by atoms with Crippen molar-refractivity contribution in [1.82, 2.24) is 5.32 Å². The van der Waals surface area contributed by atoms with Crippen LogP contribution in [0.25, 0.3) is 0 Å². The highest BCUT2D eigenvalue weighted by atomic mass is 32.2. The van der Waals surface area contributed by atoms with Gasteiger partial charge in [0.1, 0.15) is 5.82 Å². The Labute approximate surface area is 121 Å². The maximum absolute atomic E-state index is 12.7. The van der Waals surface area contributed by atoms with E-state index in [4.69, 9.17) is 5.11 Å². The molecule has 0 aliphatic carbocycles. The van der Waals surface area contributed by atoms with E-state index in [0.717, 1.165) is 23.9 Å². The summed E-state index contributed by atoms with van der Waals surface area (Å²) in [6.45, 7) is 0.371. The van der Waals surface area contributed by atoms with Crippen LogP contribution >= 0.6 is 11.8 Å². The van der Waals surface area contributed by atoms with Crippen LogP contribution in [-0.4, -0.2) is 34.5 Å². The average Bonchev–Trinajstić information content (AvgIpc) is 2.36. The fourth-order valence-electron chi connectivity index (χ4n) is 1.24. The number of carbonyl (C=O) groups excluding carboxylic acids is 1. The fraction of sp³-hybridized carbons (Fsp3) is 0.333. The number of thioether (sulfide) groups is 1. The topological polar surface area (TPSA) is 66.4 Å². The summed E-state index contributed by atoms with van der Waals surface area (Å²) in [5.74, 6) is -4.20. The maximum atomic E-state index is 12.7. The molecule has 0 heterocycles. The summed E-state index contributed by atoms with van der Waals surface area (Å²) in [4.78, 5) is 22.7. The van der Waals surface area contributed by atoms with Crippen molar-refractivity contribution >= 4 is 23.6 Å². The van der Waals surface area contributed by atoms with Gasteiger partial charge in [0, 0.05) is 4.90 Å². The van der Waals surface area contributed by atoms with Gasteiger partial charge in [0.05, 0.1) is 5.75 Å². The zero-order valence-electron chi connectivity index (χ0n) is 10.7. The van der Waals surface area contributed by atoms with Gasteiger partial charge in [0.2, 0.25) is 11.4 Å². The number of alkyl halides is 3. The number of hydrogen-bond donors (Lipinski definition) is 2. The highest BCUT2D eigenvalue weighted by Gasteiger charge is 2.58. The van der Waals surface area contributed by atoms with Gasteiger partial charge < -0.3 is 10.4 Å². The Morgan fingerprint density at radius 2 is 1.76 bits per heavy atom. The van der Waals surface area contributed by atoms with Crippen LogP contribution in [0.4, 0.5) is 17.6 Å². The summed E-state index contributed by atoms with van der Waals surface area (Å²) in [7, 11) is 0. The van der Waals surface area contributed by atoms with Crippen molar-refractivity contribution in [2.24, 2.45) is 0 Å². The second-order valence-electron chi connectivity index (χ2n) is 4.22. The number of hydrogen-bond acceptors (Lipinski definition) is 3. The van der Waals surface area contributed by atoms with Crippen LogP contribution in [0.15, 0.2) is 29.2 Å². The molecule has 1 atom stereocenters. The maximum Gasteiger partial charge on any atom is 0.422 e. The van der Waals surface area contributed by atoms with Crippen LogP contribution in [0, 0.1) is 5.82 Å². The fourth-order valence-corrected chi connectivity index (χ4v) is 1.94. The minimum Gasteiger partial charge on any atom is -0.479 e. The Morgan fingerprint density at radius 1 is 1.24 bits per heavy atom. The Bertz CT molecular complexity index is 532. The summed E-state index contributed by atoms with van der Waals surface area (Å²) in [6, 6.07) is 4.98. The molecule has 1 aromatic carbocycles. The van der Waals surface area contributed by atoms with Crippen molar-refractivity contribution in [2.45, 2.75) is 23.5 Å². The number of carboxylic acid groups (broad SMARTS) is 1. The molecule has 0 bridgehead atoms. The number of carboxylic acids is 1. The van der Waals surface area contributed by atoms with Crippen molar-refractivity contribution < 1.29 is 32.3 Å². The number of carbonyl (C=O) groups is 2. The number of halogens is 4. The molecule has 0 aromatic heterocycles. The molecule has 4 nitrogen and oxygen atoms in total. The molecule has 0 saturated carbocycles. The molecular formula is C12H11F4NO3S. The third kappa shape index (κ3) is 4.35. The molecular weight excluding hydrogens is 314 g/mol. The lowest BCUT2D eigenvalue weighted by Crippen LogP contribution is -2.62. The summed E-state index contributed by atoms with van der Waals surface area (Å²) in [5, 5.41) is 10.1. The lowest BCUT2D eigenvalue weighted by Gasteiger charge is -2.28. The third-order valence-corrected chi connectivity index (χ3v) is 3.58. The second kappa shape index (κ2) is 6.33. The van der Waals surface area contributed by atoms with Crippen LogP contribution in [0.5, 0.6) is 0 Å². The molecule has 9 heteroatoms. The van der Waals surface area contributed by atoms with Crippen LogP contribution in [0.2, 0.25) is 0 Å². The van der Waals surface area contributed by atoms with Gasteiger partial charge in [-0.2, -0.15) is 13.2 Å². The first-order chi connectivity index (χ1) is 9.56. The van der Waals surface area contributed by atoms with Gasteiger partial charge in [-0.1, -0.05) is 0 Å². The highest BCUT2D eigenvalue weighted by Crippen LogP contribution is 2.30. The predicted octanol–water partition coefficient (Wildman–Crippen LogP) is 2.44. The van der Waals surface area contributed by atoms with E-state index in [1.54, 1.807) is 0 Å². The molecule has 1 rings (SSSR count). The van der Waals surface area contributed by atoms with E-state index in [2.05, 4.69) is 0 Å². The SMILES string of the molecule is CC(NC(=O)CSc1ccc(F)cc1)(C(=O)O)C(F)(F)F. The van der Waals surface area contributed by atoms with Crippen molar-refractivity contribution in [2.75, 3.05) is 5.75 Å². The molecule has 0 spiro atoms. The largest absolute Gasteiger partial charge is 0.479 e. The average molecular weight is 325 g/mol. The third-order valence-electron chi connectivity index (χ3n) is 2.57. The summed E-state index contributed by atoms with van der Waals surface area (Å²) in [6.07, 6.45) is -5.13. The molecule has 0 saturated heterocycles. The lowest BCUT2D eigenvalue weighted by molar-refractivity contribution is -0.206. The molecule has 0 fully saturated rings. The number of amides is 1. The van der Waals surface area contributed by atoms with Gasteiger partial charge in [-0.15, -0.1) is 11.8 Å². The number of benzene rings is 1. The Balaban J connectivity index is 2.67. The van der Waals surface area contributed by atoms with E-state index >= 15 is 0 Å². The molecule has 0 aliphatic heterocycles. The molecule has 1 aromatic rings. The van der Waals surface area contributed by atoms with Gasteiger partial charge in [0.25, 0.3) is 0 Å². The first-order valence-electron chi connectivity index (χ1n) is 5.56. The normalized spacial score (nSPS) is 14.3. The van der Waals surface area contributed by atoms with Crippen molar-refractivity contribution in [1.29, 1.82) is 0 Å². The van der Waals surface area contributed by atoms with E-state index in [1.165, 1.54) is 17.4 Å². The van der Waals surface area contributed by atoms with Crippen molar-refractivity contribution in [3.63, 3.8) is 0 Å². The minimum absolute atomic E-state index is 0.371. The number of nitrogens with one attached hydrogen (secondary N) is 1. The van der Waals surface area contributed by atoms with E-state index in [0.29, 0.717) is 11.8 Å². The smallest absolute Gasteiger partial charge is 0.422 e. The summed E-state index contributed by atoms with van der Waals surface area (Å²) < 4.78 is 50.7. The van der Waals surface area contributed by atoms with E-state index in [-0.39, 0.29) is 0 Å². The standard InChI is InChI=1S/C12H11F4NO3S/c1-11(10(19)20,12(14,15)16)17-9(18)6-21-8-4-2-7(13)3-5-8/h2-5H,6H2,1H3,(H,17,18)(H,19,20). The molecule has 1 amide bonds. The van der Waals surface area contributed by atoms with Gasteiger partial charge in [-0.25, -0.2) is 9.18 Å². The zero-order chi connectivity index (χ0) is 16.3. The summed E-state index contributed by atoms with van der Waals surface area (Å²) >= 11 is 0.861. The van der Waals surface area contributed by atoms with Gasteiger partial charge >= 0.3 is 12.1 Å². The molecule has 2 N–H and O–H groups in total. The van der Waals surface area contributed by atoms with Crippen molar-refractivity contribution in [3.8, 4) is 0 Å². The van der Waals surface area contributed by atoms with Crippen LogP contribution in [-0.2, 0) is 9.59 Å². The Morgan fingerprint density at radius 3 is 2.19 bits per heavy atom. The molecule has 0 radical (unpaired) electrons. The predicted molar refractivity (Wildman–Crippen MR) is 67.4 cm³/mol. The van der Waals surface area contributed by atoms with E-state index < -0.39 is 35.2 Å². The van der Waals surface area contributed by atoms with E-state index in [1.807, 2.05) is 0 Å². The quantitative estimate of drug-likeness (QED) is 0.645. The Kier molecular flexibility index (Phi) is 5.21. The van der Waals surface area contributed by atoms with Crippen LogP contribution in [0.3, 0.4) is 0 Å². The van der Waals surface area contributed by atoms with E-state index in [9.17, 15) is 27.2 Å². The second-order valence-corrected chi connectivity index (χ2v) is 5.27. The van der Waals surface area contributed by atoms with Crippen LogP contribution < -0.4 is 5.32 Å². The minimum atomic E-state index is -5.13. The molecule has 0 aliphatic rings. The molecule has 21 heavy (non-hydrogen) atoms. The highest BCUT2D eigenvalue weighted by molar-refractivity contribution is 8.00. The first kappa shape index (κ1) is 17.3. The lowest BCUT2D eigenvalue weighted by atomic mass is 10.0. The monoisotopic (exact) mass is 325 g/mol. The first-order valence-corrected chi connectivity index (χ1v) is 6.54. The number of rotatable bonds is 5. The van der Waals surface area contributed by atoms with Gasteiger partial charge in [0.15, 0.2) is 0 Å². The number of aliphatic carboxylic acids is 1. The summed E-state index contributed by atoms with van der Waals surface area (Å²) in [5.41, 5.74) is -3.35. The Hall–Kier alpha value is -1.77. The zero-order valence-corrected chi connectivity index (χ0v) is 11.5. The molecule has 116 valence electrons. The van der Waals surface area contributed by atoms with Gasteiger partial charge in [-0.05, 0) is 31.2 Å². The molecule has 1 unspecified atom stereocenters. The van der Waals surface area contributed by atoms with Crippen molar-refractivity contribution in [3.05, 3.63) is 30.1 Å². The van der Waals surface area contributed by atoms with Gasteiger partial charge in [-0.3, -0.25) is 4.79 Å².